The highest BCUT2D eigenvalue weighted by atomic mass is 79.9. The van der Waals surface area contributed by atoms with Crippen molar-refractivity contribution >= 4 is 35.8 Å². The smallest absolute Gasteiger partial charge is 0.238 e. The molecule has 0 saturated carbocycles. The van der Waals surface area contributed by atoms with Crippen LogP contribution in [0.4, 0.5) is 0 Å². The molecule has 9 heteroatoms. The van der Waals surface area contributed by atoms with Gasteiger partial charge >= 0.3 is 0 Å². The standard InChI is InChI=1S/C10H14BrNO5S2/c1-2-18(13,14)6-5-17-10-4-3-8(7-9(10)11)19(12,15)16/h3-4,7H,2,5-6H2,1H3,(H2,12,15,16). The lowest BCUT2D eigenvalue weighted by molar-refractivity contribution is 0.338. The van der Waals surface area contributed by atoms with Gasteiger partial charge in [-0.1, -0.05) is 6.92 Å². The molecule has 0 atom stereocenters. The summed E-state index contributed by atoms with van der Waals surface area (Å²) in [5.41, 5.74) is 0. The van der Waals surface area contributed by atoms with Crippen LogP contribution in [-0.2, 0) is 19.9 Å². The lowest BCUT2D eigenvalue weighted by Crippen LogP contribution is -2.16. The Morgan fingerprint density at radius 1 is 1.26 bits per heavy atom. The zero-order chi connectivity index (χ0) is 14.7. The number of sulfonamides is 1. The molecule has 0 aliphatic carbocycles. The summed E-state index contributed by atoms with van der Waals surface area (Å²) >= 11 is 3.14. The second kappa shape index (κ2) is 6.21. The zero-order valence-corrected chi connectivity index (χ0v) is 13.4. The first kappa shape index (κ1) is 16.4. The van der Waals surface area contributed by atoms with Gasteiger partial charge in [-0.05, 0) is 34.1 Å². The van der Waals surface area contributed by atoms with E-state index in [1.54, 1.807) is 6.92 Å². The highest BCUT2D eigenvalue weighted by Gasteiger charge is 2.12. The molecule has 0 saturated heterocycles. The van der Waals surface area contributed by atoms with Crippen LogP contribution in [0.2, 0.25) is 0 Å². The SMILES string of the molecule is CCS(=O)(=O)CCOc1ccc(S(N)(=O)=O)cc1Br. The van der Waals surface area contributed by atoms with Crippen LogP contribution in [-0.4, -0.2) is 34.9 Å². The number of ether oxygens (including phenoxy) is 1. The van der Waals surface area contributed by atoms with Crippen LogP contribution in [0.3, 0.4) is 0 Å². The van der Waals surface area contributed by atoms with Gasteiger partial charge in [-0.15, -0.1) is 0 Å². The van der Waals surface area contributed by atoms with Crippen LogP contribution in [0, 0.1) is 0 Å². The lowest BCUT2D eigenvalue weighted by atomic mass is 10.3. The average molecular weight is 372 g/mol. The number of hydrogen-bond acceptors (Lipinski definition) is 5. The van der Waals surface area contributed by atoms with Gasteiger partial charge in [0.15, 0.2) is 9.84 Å². The number of primary sulfonamides is 1. The highest BCUT2D eigenvalue weighted by molar-refractivity contribution is 9.10. The Balaban J connectivity index is 2.77. The number of rotatable bonds is 6. The molecule has 0 spiro atoms. The third kappa shape index (κ3) is 5.09. The molecule has 0 radical (unpaired) electrons. The monoisotopic (exact) mass is 371 g/mol. The third-order valence-electron chi connectivity index (χ3n) is 2.32. The van der Waals surface area contributed by atoms with E-state index in [9.17, 15) is 16.8 Å². The first-order chi connectivity index (χ1) is 8.65. The molecule has 1 rings (SSSR count). The predicted molar refractivity (Wildman–Crippen MR) is 75.3 cm³/mol. The van der Waals surface area contributed by atoms with Crippen molar-refractivity contribution in [1.82, 2.24) is 0 Å². The maximum Gasteiger partial charge on any atom is 0.238 e. The van der Waals surface area contributed by atoms with E-state index in [4.69, 9.17) is 9.88 Å². The summed E-state index contributed by atoms with van der Waals surface area (Å²) in [6.45, 7) is 1.57. The van der Waals surface area contributed by atoms with Crippen LogP contribution in [0.1, 0.15) is 6.92 Å². The molecule has 2 N–H and O–H groups in total. The van der Waals surface area contributed by atoms with Gasteiger partial charge in [-0.3, -0.25) is 0 Å². The second-order valence-electron chi connectivity index (χ2n) is 3.72. The van der Waals surface area contributed by atoms with E-state index >= 15 is 0 Å². The molecule has 0 aromatic heterocycles. The lowest BCUT2D eigenvalue weighted by Gasteiger charge is -2.09. The Kier molecular flexibility index (Phi) is 5.36. The molecule has 1 aromatic rings. The summed E-state index contributed by atoms with van der Waals surface area (Å²) in [4.78, 5) is -0.0482. The Bertz CT molecular complexity index is 654. The minimum atomic E-state index is -3.77. The largest absolute Gasteiger partial charge is 0.491 e. The molecular formula is C10H14BrNO5S2. The van der Waals surface area contributed by atoms with Gasteiger partial charge in [0.2, 0.25) is 10.0 Å². The highest BCUT2D eigenvalue weighted by Crippen LogP contribution is 2.27. The summed E-state index contributed by atoms with van der Waals surface area (Å²) in [5, 5.41) is 4.98. The third-order valence-corrected chi connectivity index (χ3v) is 5.52. The van der Waals surface area contributed by atoms with Crippen LogP contribution in [0.5, 0.6) is 5.75 Å². The Hall–Kier alpha value is -0.640. The van der Waals surface area contributed by atoms with Crippen molar-refractivity contribution in [3.8, 4) is 5.75 Å². The first-order valence-corrected chi connectivity index (χ1v) is 9.47. The van der Waals surface area contributed by atoms with Crippen LogP contribution in [0.15, 0.2) is 27.6 Å². The van der Waals surface area contributed by atoms with Crippen molar-refractivity contribution in [2.45, 2.75) is 11.8 Å². The van der Waals surface area contributed by atoms with E-state index in [1.165, 1.54) is 18.2 Å². The van der Waals surface area contributed by atoms with Gasteiger partial charge in [-0.2, -0.15) is 0 Å². The summed E-state index contributed by atoms with van der Waals surface area (Å²) in [7, 11) is -6.86. The number of benzene rings is 1. The van der Waals surface area contributed by atoms with Crippen molar-refractivity contribution in [3.05, 3.63) is 22.7 Å². The predicted octanol–water partition coefficient (Wildman–Crippen LogP) is 0.910. The van der Waals surface area contributed by atoms with Gasteiger partial charge in [0.25, 0.3) is 0 Å². The molecule has 0 heterocycles. The van der Waals surface area contributed by atoms with E-state index in [0.717, 1.165) is 0 Å². The first-order valence-electron chi connectivity index (χ1n) is 5.31. The fourth-order valence-corrected chi connectivity index (χ4v) is 3.01. The fraction of sp³-hybridized carbons (Fsp3) is 0.400. The van der Waals surface area contributed by atoms with E-state index in [1.807, 2.05) is 0 Å². The van der Waals surface area contributed by atoms with Crippen molar-refractivity contribution in [2.75, 3.05) is 18.1 Å². The van der Waals surface area contributed by atoms with Crippen molar-refractivity contribution in [3.63, 3.8) is 0 Å². The van der Waals surface area contributed by atoms with E-state index in [0.29, 0.717) is 10.2 Å². The van der Waals surface area contributed by atoms with Crippen LogP contribution < -0.4 is 9.88 Å². The molecule has 108 valence electrons. The number of nitrogens with two attached hydrogens (primary N) is 1. The van der Waals surface area contributed by atoms with E-state index in [2.05, 4.69) is 15.9 Å². The maximum absolute atomic E-state index is 11.3. The minimum absolute atomic E-state index is 0.00347. The fourth-order valence-electron chi connectivity index (χ4n) is 1.20. The molecule has 0 aliphatic rings. The molecular weight excluding hydrogens is 358 g/mol. The Morgan fingerprint density at radius 3 is 2.37 bits per heavy atom. The van der Waals surface area contributed by atoms with Gasteiger partial charge in [-0.25, -0.2) is 22.0 Å². The number of hydrogen-bond donors (Lipinski definition) is 1. The quantitative estimate of drug-likeness (QED) is 0.800. The second-order valence-corrected chi connectivity index (χ2v) is 8.61. The topological polar surface area (TPSA) is 104 Å². The average Bonchev–Trinajstić information content (AvgIpc) is 2.30. The maximum atomic E-state index is 11.3. The normalized spacial score (nSPS) is 12.4. The van der Waals surface area contributed by atoms with Gasteiger partial charge < -0.3 is 4.74 Å². The summed E-state index contributed by atoms with van der Waals surface area (Å²) < 4.78 is 50.5. The van der Waals surface area contributed by atoms with Gasteiger partial charge in [0, 0.05) is 5.75 Å². The van der Waals surface area contributed by atoms with Crippen molar-refractivity contribution < 1.29 is 21.6 Å². The van der Waals surface area contributed by atoms with Crippen molar-refractivity contribution in [2.24, 2.45) is 5.14 Å². The van der Waals surface area contributed by atoms with Crippen LogP contribution >= 0.6 is 15.9 Å². The molecule has 0 bridgehead atoms. The van der Waals surface area contributed by atoms with Gasteiger partial charge in [0.1, 0.15) is 12.4 Å². The molecule has 19 heavy (non-hydrogen) atoms. The molecule has 6 nitrogen and oxygen atoms in total. The molecule has 1 aromatic carbocycles. The van der Waals surface area contributed by atoms with E-state index < -0.39 is 19.9 Å². The Morgan fingerprint density at radius 2 is 1.89 bits per heavy atom. The molecule has 0 fully saturated rings. The minimum Gasteiger partial charge on any atom is -0.491 e. The summed E-state index contributed by atoms with van der Waals surface area (Å²) in [6, 6.07) is 4.02. The number of halogens is 1. The molecule has 0 unspecified atom stereocenters. The molecule has 0 aliphatic heterocycles. The Labute approximate surface area is 121 Å². The van der Waals surface area contributed by atoms with Gasteiger partial charge in [0.05, 0.1) is 15.1 Å². The van der Waals surface area contributed by atoms with Crippen molar-refractivity contribution in [1.29, 1.82) is 0 Å². The summed E-state index contributed by atoms with van der Waals surface area (Å²) in [6.07, 6.45) is 0. The van der Waals surface area contributed by atoms with E-state index in [-0.39, 0.29) is 23.0 Å². The zero-order valence-electron chi connectivity index (χ0n) is 10.2. The summed E-state index contributed by atoms with van der Waals surface area (Å²) in [5.74, 6) is 0.327. The molecule has 0 amide bonds. The van der Waals surface area contributed by atoms with Crippen LogP contribution in [0.25, 0.3) is 0 Å². The number of sulfone groups is 1.